The summed E-state index contributed by atoms with van der Waals surface area (Å²) < 4.78 is 0. The monoisotopic (exact) mass is 290 g/mol. The highest BCUT2D eigenvalue weighted by Gasteiger charge is 2.18. The van der Waals surface area contributed by atoms with Gasteiger partial charge in [0.2, 0.25) is 0 Å². The second-order valence-electron chi connectivity index (χ2n) is 6.41. The van der Waals surface area contributed by atoms with E-state index in [1.807, 2.05) is 7.05 Å². The van der Waals surface area contributed by atoms with E-state index >= 15 is 0 Å². The molecule has 0 aromatic carbocycles. The molecule has 1 heterocycles. The first-order valence-corrected chi connectivity index (χ1v) is 8.43. The third-order valence-electron chi connectivity index (χ3n) is 4.73. The Bertz CT molecular complexity index is 450. The molecule has 0 saturated heterocycles. The highest BCUT2D eigenvalue weighted by molar-refractivity contribution is 5.56. The molecule has 0 bridgehead atoms. The van der Waals surface area contributed by atoms with Crippen molar-refractivity contribution in [3.63, 3.8) is 0 Å². The minimum atomic E-state index is 0.865. The summed E-state index contributed by atoms with van der Waals surface area (Å²) in [4.78, 5) is 9.15. The van der Waals surface area contributed by atoms with Crippen LogP contribution >= 0.6 is 0 Å². The molecule has 1 aromatic rings. The molecular formula is C17H30N4. The summed E-state index contributed by atoms with van der Waals surface area (Å²) in [7, 11) is 1.92. The molecule has 2 N–H and O–H groups in total. The second kappa shape index (κ2) is 7.62. The van der Waals surface area contributed by atoms with Crippen LogP contribution in [-0.2, 0) is 6.42 Å². The van der Waals surface area contributed by atoms with Crippen molar-refractivity contribution in [1.29, 1.82) is 0 Å². The quantitative estimate of drug-likeness (QED) is 0.831. The van der Waals surface area contributed by atoms with Crippen LogP contribution in [-0.4, -0.2) is 23.6 Å². The minimum absolute atomic E-state index is 0.865. The predicted molar refractivity (Wildman–Crippen MR) is 89.9 cm³/mol. The van der Waals surface area contributed by atoms with E-state index in [2.05, 4.69) is 41.4 Å². The molecular weight excluding hydrogens is 260 g/mol. The molecule has 1 fully saturated rings. The molecule has 1 aromatic heterocycles. The molecule has 0 radical (unpaired) electrons. The molecule has 1 saturated carbocycles. The van der Waals surface area contributed by atoms with Crippen LogP contribution in [0, 0.1) is 18.8 Å². The molecule has 1 aliphatic rings. The van der Waals surface area contributed by atoms with Gasteiger partial charge in [0, 0.05) is 25.6 Å². The van der Waals surface area contributed by atoms with Crippen LogP contribution in [0.1, 0.15) is 57.3 Å². The highest BCUT2D eigenvalue weighted by atomic mass is 15.1. The summed E-state index contributed by atoms with van der Waals surface area (Å²) in [5.74, 6) is 4.67. The molecule has 4 heteroatoms. The second-order valence-corrected chi connectivity index (χ2v) is 6.41. The van der Waals surface area contributed by atoms with Gasteiger partial charge in [0.1, 0.15) is 17.5 Å². The Hall–Kier alpha value is -1.32. The van der Waals surface area contributed by atoms with Crippen molar-refractivity contribution in [3.8, 4) is 0 Å². The molecule has 0 aliphatic heterocycles. The van der Waals surface area contributed by atoms with E-state index in [-0.39, 0.29) is 0 Å². The van der Waals surface area contributed by atoms with Crippen molar-refractivity contribution in [2.45, 2.75) is 59.3 Å². The molecule has 1 aliphatic carbocycles. The first-order valence-electron chi connectivity index (χ1n) is 8.43. The van der Waals surface area contributed by atoms with Crippen LogP contribution < -0.4 is 10.6 Å². The largest absolute Gasteiger partial charge is 0.373 e. The zero-order chi connectivity index (χ0) is 15.2. The van der Waals surface area contributed by atoms with Crippen molar-refractivity contribution < 1.29 is 0 Å². The fraction of sp³-hybridized carbons (Fsp3) is 0.765. The van der Waals surface area contributed by atoms with E-state index in [1.54, 1.807) is 0 Å². The summed E-state index contributed by atoms with van der Waals surface area (Å²) in [6, 6.07) is 0. The lowest BCUT2D eigenvalue weighted by Gasteiger charge is -2.26. The fourth-order valence-corrected chi connectivity index (χ4v) is 3.15. The lowest BCUT2D eigenvalue weighted by atomic mass is 9.81. The normalized spacial score (nSPS) is 22.1. The van der Waals surface area contributed by atoms with Gasteiger partial charge in [-0.05, 0) is 25.2 Å². The smallest absolute Gasteiger partial charge is 0.134 e. The predicted octanol–water partition coefficient (Wildman–Crippen LogP) is 4.02. The van der Waals surface area contributed by atoms with Gasteiger partial charge in [-0.2, -0.15) is 0 Å². The molecule has 0 atom stereocenters. The lowest BCUT2D eigenvalue weighted by molar-refractivity contribution is 0.282. The Morgan fingerprint density at radius 2 is 1.76 bits per heavy atom. The van der Waals surface area contributed by atoms with Crippen LogP contribution in [0.4, 0.5) is 11.6 Å². The Morgan fingerprint density at radius 3 is 2.38 bits per heavy atom. The standard InChI is InChI=1S/C17H30N4/c1-5-15-20-16(18-4)13(3)17(21-15)19-11-10-14-8-6-12(2)7-9-14/h12,14H,5-11H2,1-4H3,(H2,18,19,20,21). The van der Waals surface area contributed by atoms with E-state index in [1.165, 1.54) is 32.1 Å². The minimum Gasteiger partial charge on any atom is -0.373 e. The number of nitrogens with zero attached hydrogens (tertiary/aromatic N) is 2. The molecule has 118 valence electrons. The maximum Gasteiger partial charge on any atom is 0.134 e. The van der Waals surface area contributed by atoms with Gasteiger partial charge in [-0.1, -0.05) is 39.5 Å². The van der Waals surface area contributed by atoms with Crippen LogP contribution in [0.5, 0.6) is 0 Å². The van der Waals surface area contributed by atoms with Gasteiger partial charge in [0.05, 0.1) is 0 Å². The molecule has 4 nitrogen and oxygen atoms in total. The van der Waals surface area contributed by atoms with Gasteiger partial charge in [-0.25, -0.2) is 9.97 Å². The number of aryl methyl sites for hydroxylation is 1. The van der Waals surface area contributed by atoms with Gasteiger partial charge in [0.15, 0.2) is 0 Å². The molecule has 0 unspecified atom stereocenters. The summed E-state index contributed by atoms with van der Waals surface area (Å²) in [6.45, 7) is 7.57. The van der Waals surface area contributed by atoms with E-state index in [0.717, 1.165) is 47.8 Å². The average Bonchev–Trinajstić information content (AvgIpc) is 2.51. The van der Waals surface area contributed by atoms with Gasteiger partial charge >= 0.3 is 0 Å². The fourth-order valence-electron chi connectivity index (χ4n) is 3.15. The van der Waals surface area contributed by atoms with Crippen molar-refractivity contribution in [3.05, 3.63) is 11.4 Å². The number of nitrogens with one attached hydrogen (secondary N) is 2. The lowest BCUT2D eigenvalue weighted by Crippen LogP contribution is -2.17. The third kappa shape index (κ3) is 4.32. The maximum atomic E-state index is 4.63. The van der Waals surface area contributed by atoms with Crippen LogP contribution in [0.15, 0.2) is 0 Å². The summed E-state index contributed by atoms with van der Waals surface area (Å²) >= 11 is 0. The highest BCUT2D eigenvalue weighted by Crippen LogP contribution is 2.30. The molecule has 2 rings (SSSR count). The number of hydrogen-bond acceptors (Lipinski definition) is 4. The summed E-state index contributed by atoms with van der Waals surface area (Å²) in [5, 5.41) is 6.69. The zero-order valence-corrected chi connectivity index (χ0v) is 14.0. The summed E-state index contributed by atoms with van der Waals surface area (Å²) in [5.41, 5.74) is 1.12. The van der Waals surface area contributed by atoms with E-state index in [9.17, 15) is 0 Å². The van der Waals surface area contributed by atoms with Gasteiger partial charge < -0.3 is 10.6 Å². The molecule has 0 spiro atoms. The Kier molecular flexibility index (Phi) is 5.83. The van der Waals surface area contributed by atoms with E-state index in [0.29, 0.717) is 0 Å². The third-order valence-corrected chi connectivity index (χ3v) is 4.73. The number of rotatable bonds is 6. The van der Waals surface area contributed by atoms with Crippen LogP contribution in [0.25, 0.3) is 0 Å². The van der Waals surface area contributed by atoms with Crippen molar-refractivity contribution in [2.24, 2.45) is 11.8 Å². The number of hydrogen-bond donors (Lipinski definition) is 2. The van der Waals surface area contributed by atoms with Crippen molar-refractivity contribution >= 4 is 11.6 Å². The maximum absolute atomic E-state index is 4.63. The van der Waals surface area contributed by atoms with Crippen LogP contribution in [0.2, 0.25) is 0 Å². The first kappa shape index (κ1) is 16.1. The van der Waals surface area contributed by atoms with E-state index in [4.69, 9.17) is 0 Å². The molecule has 0 amide bonds. The first-order chi connectivity index (χ1) is 10.1. The van der Waals surface area contributed by atoms with Gasteiger partial charge in [-0.15, -0.1) is 0 Å². The van der Waals surface area contributed by atoms with Crippen molar-refractivity contribution in [1.82, 2.24) is 9.97 Å². The Balaban J connectivity index is 1.90. The van der Waals surface area contributed by atoms with E-state index < -0.39 is 0 Å². The van der Waals surface area contributed by atoms with Gasteiger partial charge in [-0.3, -0.25) is 0 Å². The van der Waals surface area contributed by atoms with Crippen molar-refractivity contribution in [2.75, 3.05) is 24.2 Å². The Labute approximate surface area is 129 Å². The average molecular weight is 290 g/mol. The topological polar surface area (TPSA) is 49.8 Å². The number of anilines is 2. The molecule has 21 heavy (non-hydrogen) atoms. The Morgan fingerprint density at radius 1 is 1.10 bits per heavy atom. The summed E-state index contributed by atoms with van der Waals surface area (Å²) in [6.07, 6.45) is 7.72. The van der Waals surface area contributed by atoms with Gasteiger partial charge in [0.25, 0.3) is 0 Å². The number of aromatic nitrogens is 2. The SMILES string of the molecule is CCc1nc(NC)c(C)c(NCCC2CCC(C)CC2)n1. The van der Waals surface area contributed by atoms with Crippen LogP contribution in [0.3, 0.4) is 0 Å². The zero-order valence-electron chi connectivity index (χ0n) is 14.0.